The van der Waals surface area contributed by atoms with Gasteiger partial charge in [-0.05, 0) is 48.4 Å². The van der Waals surface area contributed by atoms with Gasteiger partial charge in [-0.15, -0.1) is 0 Å². The van der Waals surface area contributed by atoms with Crippen molar-refractivity contribution in [1.29, 1.82) is 0 Å². The molecule has 114 valence electrons. The lowest BCUT2D eigenvalue weighted by molar-refractivity contribution is -0.135. The summed E-state index contributed by atoms with van der Waals surface area (Å²) >= 11 is 5.94. The number of rotatable bonds is 4. The van der Waals surface area contributed by atoms with Crippen molar-refractivity contribution in [3.05, 3.63) is 58.6 Å². The van der Waals surface area contributed by atoms with Gasteiger partial charge >= 0.3 is 5.97 Å². The van der Waals surface area contributed by atoms with E-state index in [2.05, 4.69) is 0 Å². The molecule has 0 bridgehead atoms. The van der Waals surface area contributed by atoms with E-state index in [-0.39, 0.29) is 6.10 Å². The van der Waals surface area contributed by atoms with Gasteiger partial charge in [0.15, 0.2) is 6.10 Å². The third kappa shape index (κ3) is 3.08. The van der Waals surface area contributed by atoms with Gasteiger partial charge in [-0.2, -0.15) is 0 Å². The number of hydrogen-bond donors (Lipinski definition) is 0. The maximum absolute atomic E-state index is 12.1. The van der Waals surface area contributed by atoms with Crippen molar-refractivity contribution in [2.24, 2.45) is 0 Å². The van der Waals surface area contributed by atoms with Crippen molar-refractivity contribution >= 4 is 17.6 Å². The minimum atomic E-state index is -0.565. The Labute approximate surface area is 133 Å². The van der Waals surface area contributed by atoms with E-state index in [9.17, 15) is 4.79 Å². The molecule has 3 rings (SSSR count). The van der Waals surface area contributed by atoms with Crippen molar-refractivity contribution in [3.63, 3.8) is 0 Å². The summed E-state index contributed by atoms with van der Waals surface area (Å²) < 4.78 is 15.8. The van der Waals surface area contributed by atoms with Gasteiger partial charge in [0, 0.05) is 5.02 Å². The standard InChI is InChI=1S/C17H15ClO4/c1-10-9-13(7-8-14(10)18)21-17(19)16-15(22-16)11-3-5-12(20-2)6-4-11/h3-9,15-16H,1-2H3/t15-,16+/m1/s1. The largest absolute Gasteiger partial charge is 0.497 e. The number of carbonyl (C=O) groups is 1. The first-order valence-electron chi connectivity index (χ1n) is 6.86. The topological polar surface area (TPSA) is 48.1 Å². The zero-order chi connectivity index (χ0) is 15.7. The van der Waals surface area contributed by atoms with Crippen molar-refractivity contribution in [2.75, 3.05) is 7.11 Å². The molecule has 0 aliphatic carbocycles. The third-order valence-electron chi connectivity index (χ3n) is 3.52. The first kappa shape index (κ1) is 14.9. The van der Waals surface area contributed by atoms with E-state index in [0.717, 1.165) is 16.9 Å². The Morgan fingerprint density at radius 3 is 2.45 bits per heavy atom. The van der Waals surface area contributed by atoms with E-state index in [1.54, 1.807) is 25.3 Å². The van der Waals surface area contributed by atoms with E-state index >= 15 is 0 Å². The Morgan fingerprint density at radius 2 is 1.82 bits per heavy atom. The average molecular weight is 319 g/mol. The highest BCUT2D eigenvalue weighted by Gasteiger charge is 2.47. The molecule has 5 heteroatoms. The highest BCUT2D eigenvalue weighted by molar-refractivity contribution is 6.31. The normalized spacial score (nSPS) is 19.6. The number of esters is 1. The van der Waals surface area contributed by atoms with Crippen LogP contribution in [-0.4, -0.2) is 19.2 Å². The van der Waals surface area contributed by atoms with E-state index in [0.29, 0.717) is 10.8 Å². The lowest BCUT2D eigenvalue weighted by Crippen LogP contribution is -2.15. The van der Waals surface area contributed by atoms with Crippen molar-refractivity contribution in [1.82, 2.24) is 0 Å². The fourth-order valence-corrected chi connectivity index (χ4v) is 2.31. The van der Waals surface area contributed by atoms with Crippen LogP contribution in [0.5, 0.6) is 11.5 Å². The molecule has 0 amide bonds. The molecule has 1 aliphatic rings. The molecule has 0 aromatic heterocycles. The highest BCUT2D eigenvalue weighted by Crippen LogP contribution is 2.40. The zero-order valence-corrected chi connectivity index (χ0v) is 13.0. The van der Waals surface area contributed by atoms with Crippen LogP contribution in [0.4, 0.5) is 0 Å². The predicted molar refractivity (Wildman–Crippen MR) is 82.4 cm³/mol. The lowest BCUT2D eigenvalue weighted by Gasteiger charge is -2.04. The van der Waals surface area contributed by atoms with Crippen LogP contribution in [0.3, 0.4) is 0 Å². The summed E-state index contributed by atoms with van der Waals surface area (Å²) in [7, 11) is 1.61. The average Bonchev–Trinajstić information content (AvgIpc) is 3.32. The Morgan fingerprint density at radius 1 is 1.14 bits per heavy atom. The quantitative estimate of drug-likeness (QED) is 0.490. The molecule has 1 aliphatic heterocycles. The van der Waals surface area contributed by atoms with Crippen LogP contribution in [-0.2, 0) is 9.53 Å². The second-order valence-electron chi connectivity index (χ2n) is 5.08. The number of ether oxygens (including phenoxy) is 3. The number of carbonyl (C=O) groups excluding carboxylic acids is 1. The lowest BCUT2D eigenvalue weighted by atomic mass is 10.1. The molecule has 2 aromatic carbocycles. The molecule has 1 saturated heterocycles. The van der Waals surface area contributed by atoms with E-state index in [1.165, 1.54) is 0 Å². The van der Waals surface area contributed by atoms with Crippen molar-refractivity contribution in [2.45, 2.75) is 19.1 Å². The van der Waals surface area contributed by atoms with Crippen LogP contribution in [0.1, 0.15) is 17.2 Å². The van der Waals surface area contributed by atoms with Gasteiger partial charge in [0.25, 0.3) is 0 Å². The van der Waals surface area contributed by atoms with E-state index < -0.39 is 12.1 Å². The first-order chi connectivity index (χ1) is 10.6. The van der Waals surface area contributed by atoms with Crippen LogP contribution in [0, 0.1) is 6.92 Å². The molecule has 2 aromatic rings. The smallest absolute Gasteiger partial charge is 0.343 e. The molecule has 1 fully saturated rings. The third-order valence-corrected chi connectivity index (χ3v) is 3.94. The molecule has 1 heterocycles. The number of methoxy groups -OCH3 is 1. The maximum atomic E-state index is 12.1. The molecular weight excluding hydrogens is 304 g/mol. The molecule has 0 radical (unpaired) electrons. The summed E-state index contributed by atoms with van der Waals surface area (Å²) in [6.07, 6.45) is -0.823. The number of aryl methyl sites for hydroxylation is 1. The summed E-state index contributed by atoms with van der Waals surface area (Å²) in [6.45, 7) is 1.85. The second kappa shape index (κ2) is 5.99. The highest BCUT2D eigenvalue weighted by atomic mass is 35.5. The van der Waals surface area contributed by atoms with Crippen LogP contribution >= 0.6 is 11.6 Å². The summed E-state index contributed by atoms with van der Waals surface area (Å²) in [4.78, 5) is 12.1. The van der Waals surface area contributed by atoms with Crippen LogP contribution < -0.4 is 9.47 Å². The number of benzene rings is 2. The van der Waals surface area contributed by atoms with Gasteiger partial charge < -0.3 is 14.2 Å². The van der Waals surface area contributed by atoms with Crippen LogP contribution in [0.25, 0.3) is 0 Å². The van der Waals surface area contributed by atoms with Gasteiger partial charge in [-0.25, -0.2) is 4.79 Å². The van der Waals surface area contributed by atoms with Crippen molar-refractivity contribution in [3.8, 4) is 11.5 Å². The van der Waals surface area contributed by atoms with Crippen molar-refractivity contribution < 1.29 is 19.0 Å². The maximum Gasteiger partial charge on any atom is 0.343 e. The van der Waals surface area contributed by atoms with Gasteiger partial charge in [0.2, 0.25) is 0 Å². The fraction of sp³-hybridized carbons (Fsp3) is 0.235. The van der Waals surface area contributed by atoms with Gasteiger partial charge in [-0.1, -0.05) is 23.7 Å². The summed E-state index contributed by atoms with van der Waals surface area (Å²) in [5.41, 5.74) is 1.78. The molecule has 0 saturated carbocycles. The number of epoxide rings is 1. The first-order valence-corrected chi connectivity index (χ1v) is 7.23. The zero-order valence-electron chi connectivity index (χ0n) is 12.2. The molecule has 0 spiro atoms. The molecule has 0 unspecified atom stereocenters. The van der Waals surface area contributed by atoms with E-state index in [4.69, 9.17) is 25.8 Å². The fourth-order valence-electron chi connectivity index (χ4n) is 2.19. The van der Waals surface area contributed by atoms with Crippen LogP contribution in [0.2, 0.25) is 5.02 Å². The number of halogens is 1. The summed E-state index contributed by atoms with van der Waals surface area (Å²) in [5.74, 6) is 0.832. The Kier molecular flexibility index (Phi) is 4.05. The molecule has 22 heavy (non-hydrogen) atoms. The van der Waals surface area contributed by atoms with Gasteiger partial charge in [0.05, 0.1) is 7.11 Å². The Hall–Kier alpha value is -2.04. The second-order valence-corrected chi connectivity index (χ2v) is 5.49. The minimum absolute atomic E-state index is 0.258. The predicted octanol–water partition coefficient (Wildman–Crippen LogP) is 3.70. The molecule has 2 atom stereocenters. The monoisotopic (exact) mass is 318 g/mol. The summed E-state index contributed by atoms with van der Waals surface area (Å²) in [5, 5.41) is 0.638. The van der Waals surface area contributed by atoms with E-state index in [1.807, 2.05) is 31.2 Å². The number of hydrogen-bond acceptors (Lipinski definition) is 4. The molecule has 0 N–H and O–H groups in total. The van der Waals surface area contributed by atoms with Gasteiger partial charge in [-0.3, -0.25) is 0 Å². The Bertz CT molecular complexity index is 696. The van der Waals surface area contributed by atoms with Crippen LogP contribution in [0.15, 0.2) is 42.5 Å². The molecular formula is C17H15ClO4. The molecule has 4 nitrogen and oxygen atoms in total. The van der Waals surface area contributed by atoms with Gasteiger partial charge in [0.1, 0.15) is 17.6 Å². The minimum Gasteiger partial charge on any atom is -0.497 e. The Balaban J connectivity index is 1.63. The summed E-state index contributed by atoms with van der Waals surface area (Å²) in [6, 6.07) is 12.5. The SMILES string of the molecule is COc1ccc([C@H]2O[C@@H]2C(=O)Oc2ccc(Cl)c(C)c2)cc1.